The third kappa shape index (κ3) is 3.80. The Labute approximate surface area is 206 Å². The van der Waals surface area contributed by atoms with Gasteiger partial charge >= 0.3 is 0 Å². The number of carbonyl (C=O) groups is 1. The van der Waals surface area contributed by atoms with Crippen LogP contribution < -0.4 is 10.2 Å². The summed E-state index contributed by atoms with van der Waals surface area (Å²) in [7, 11) is 2.17. The number of pyridine rings is 1. The second-order valence-electron chi connectivity index (χ2n) is 11.4. The number of likely N-dealkylation sites (N-methyl/N-ethyl adjacent to an activating group) is 1. The Morgan fingerprint density at radius 1 is 0.943 bits per heavy atom. The number of amides is 1. The molecule has 4 saturated carbocycles. The van der Waals surface area contributed by atoms with Crippen LogP contribution in [-0.2, 0) is 0 Å². The van der Waals surface area contributed by atoms with E-state index < -0.39 is 0 Å². The molecule has 3 heterocycles. The number of rotatable bonds is 4. The molecule has 1 amide bonds. The summed E-state index contributed by atoms with van der Waals surface area (Å²) >= 11 is 0. The average molecular weight is 471 g/mol. The number of piperazine rings is 1. The van der Waals surface area contributed by atoms with Crippen molar-refractivity contribution in [2.75, 3.05) is 38.1 Å². The number of carbonyl (C=O) groups excluding carboxylic acids is 1. The Hall–Kier alpha value is -2.93. The first-order valence-corrected chi connectivity index (χ1v) is 13.3. The lowest BCUT2D eigenvalue weighted by Crippen LogP contribution is -2.55. The van der Waals surface area contributed by atoms with Gasteiger partial charge in [-0.3, -0.25) is 4.79 Å². The van der Waals surface area contributed by atoms with Gasteiger partial charge in [0.2, 0.25) is 0 Å². The van der Waals surface area contributed by atoms with Gasteiger partial charge in [-0.2, -0.15) is 0 Å². The number of imidazole rings is 1. The minimum absolute atomic E-state index is 0.00154. The summed E-state index contributed by atoms with van der Waals surface area (Å²) in [4.78, 5) is 30.9. The topological polar surface area (TPSA) is 77.2 Å². The first-order chi connectivity index (χ1) is 17.1. The number of fused-ring (bicyclic) bond motifs is 1. The smallest absolute Gasteiger partial charge is 0.253 e. The van der Waals surface area contributed by atoms with E-state index in [2.05, 4.69) is 56.4 Å². The molecule has 5 aliphatic rings. The minimum Gasteiger partial charge on any atom is -0.369 e. The predicted octanol–water partition coefficient (Wildman–Crippen LogP) is 3.93. The number of hydrogen-bond acceptors (Lipinski definition) is 5. The van der Waals surface area contributed by atoms with Crippen LogP contribution in [0.1, 0.15) is 42.5 Å². The Bertz CT molecular complexity index is 1210. The van der Waals surface area contributed by atoms with Gasteiger partial charge in [-0.1, -0.05) is 0 Å². The van der Waals surface area contributed by atoms with Crippen molar-refractivity contribution in [3.63, 3.8) is 0 Å². The highest BCUT2D eigenvalue weighted by Crippen LogP contribution is 2.53. The van der Waals surface area contributed by atoms with Gasteiger partial charge in [0.25, 0.3) is 5.91 Å². The Kier molecular flexibility index (Phi) is 5.08. The SMILES string of the molecule is CN1CCN(c2ccc(-c3nc4c(C(=O)NC5C6CC7CC(C6)CC5C7)ccnc4[nH]3)cc2)CC1. The van der Waals surface area contributed by atoms with Gasteiger partial charge in [0.15, 0.2) is 5.65 Å². The van der Waals surface area contributed by atoms with E-state index in [4.69, 9.17) is 4.98 Å². The lowest BCUT2D eigenvalue weighted by molar-refractivity contribution is -0.0119. The fourth-order valence-corrected chi connectivity index (χ4v) is 7.52. The number of nitrogens with zero attached hydrogens (tertiary/aromatic N) is 4. The van der Waals surface area contributed by atoms with E-state index in [0.717, 1.165) is 49.4 Å². The van der Waals surface area contributed by atoms with Crippen LogP contribution in [0.15, 0.2) is 36.5 Å². The maximum Gasteiger partial charge on any atom is 0.253 e. The van der Waals surface area contributed by atoms with Gasteiger partial charge in [0.05, 0.1) is 5.56 Å². The van der Waals surface area contributed by atoms with Crippen molar-refractivity contribution in [3.05, 3.63) is 42.1 Å². The van der Waals surface area contributed by atoms with Gasteiger partial charge in [-0.05, 0) is 93.2 Å². The van der Waals surface area contributed by atoms with Gasteiger partial charge in [-0.15, -0.1) is 0 Å². The zero-order valence-electron chi connectivity index (χ0n) is 20.4. The van der Waals surface area contributed by atoms with E-state index in [1.165, 1.54) is 37.8 Å². The first kappa shape index (κ1) is 21.4. The van der Waals surface area contributed by atoms with E-state index in [1.54, 1.807) is 6.20 Å². The molecule has 0 spiro atoms. The molecule has 1 saturated heterocycles. The Balaban J connectivity index is 1.11. The molecule has 5 fully saturated rings. The highest BCUT2D eigenvalue weighted by Gasteiger charge is 2.48. The van der Waals surface area contributed by atoms with Crippen molar-refractivity contribution in [3.8, 4) is 11.4 Å². The maximum atomic E-state index is 13.4. The summed E-state index contributed by atoms with van der Waals surface area (Å²) in [6.07, 6.45) is 8.30. The molecule has 7 heteroatoms. The number of aromatic nitrogens is 3. The van der Waals surface area contributed by atoms with Gasteiger partial charge in [0, 0.05) is 49.7 Å². The quantitative estimate of drug-likeness (QED) is 0.604. The molecule has 7 nitrogen and oxygen atoms in total. The van der Waals surface area contributed by atoms with E-state index in [9.17, 15) is 4.79 Å². The molecule has 35 heavy (non-hydrogen) atoms. The molecular formula is C28H34N6O. The number of anilines is 1. The standard InChI is InChI=1S/C28H34N6O/c1-33-8-10-34(11-9-33)22-4-2-19(3-5-22)26-30-25-23(6-7-29-27(25)32-26)28(35)31-24-20-13-17-12-18(15-20)16-21(24)14-17/h2-7,17-18,20-21,24H,8-16H2,1H3,(H,31,35)(H,29,30,32). The minimum atomic E-state index is -0.00154. The first-order valence-electron chi connectivity index (χ1n) is 13.3. The molecule has 3 aromatic rings. The number of nitrogens with one attached hydrogen (secondary N) is 2. The van der Waals surface area contributed by atoms with Crippen LogP contribution in [0.25, 0.3) is 22.6 Å². The summed E-state index contributed by atoms with van der Waals surface area (Å²) in [5.41, 5.74) is 4.20. The van der Waals surface area contributed by atoms with Gasteiger partial charge < -0.3 is 20.1 Å². The molecule has 2 aromatic heterocycles. The van der Waals surface area contributed by atoms with Crippen molar-refractivity contribution in [1.82, 2.24) is 25.2 Å². The van der Waals surface area contributed by atoms with Gasteiger partial charge in [-0.25, -0.2) is 9.97 Å². The summed E-state index contributed by atoms with van der Waals surface area (Å²) in [5.74, 6) is 3.86. The van der Waals surface area contributed by atoms with Crippen LogP contribution in [0.2, 0.25) is 0 Å². The zero-order chi connectivity index (χ0) is 23.5. The number of hydrogen-bond donors (Lipinski definition) is 2. The van der Waals surface area contributed by atoms with Crippen molar-refractivity contribution in [1.29, 1.82) is 0 Å². The lowest BCUT2D eigenvalue weighted by Gasteiger charge is -2.54. The fourth-order valence-electron chi connectivity index (χ4n) is 7.52. The molecule has 1 aromatic carbocycles. The fraction of sp³-hybridized carbons (Fsp3) is 0.536. The average Bonchev–Trinajstić information content (AvgIpc) is 3.31. The Morgan fingerprint density at radius 2 is 1.63 bits per heavy atom. The zero-order valence-corrected chi connectivity index (χ0v) is 20.4. The van der Waals surface area contributed by atoms with Crippen LogP contribution in [0.4, 0.5) is 5.69 Å². The maximum absolute atomic E-state index is 13.4. The molecule has 0 radical (unpaired) electrons. The van der Waals surface area contributed by atoms with Crippen LogP contribution in [0, 0.1) is 23.7 Å². The molecule has 0 unspecified atom stereocenters. The molecule has 4 aliphatic carbocycles. The summed E-state index contributed by atoms with van der Waals surface area (Å²) in [6, 6.07) is 10.7. The number of aromatic amines is 1. The second kappa shape index (κ2) is 8.33. The monoisotopic (exact) mass is 470 g/mol. The third-order valence-electron chi connectivity index (χ3n) is 9.16. The van der Waals surface area contributed by atoms with E-state index in [1.807, 2.05) is 6.07 Å². The van der Waals surface area contributed by atoms with Gasteiger partial charge in [0.1, 0.15) is 11.3 Å². The van der Waals surface area contributed by atoms with Crippen LogP contribution in [0.5, 0.6) is 0 Å². The summed E-state index contributed by atoms with van der Waals surface area (Å²) in [5, 5.41) is 3.44. The highest BCUT2D eigenvalue weighted by molar-refractivity contribution is 6.04. The Morgan fingerprint density at radius 3 is 2.31 bits per heavy atom. The molecule has 8 rings (SSSR count). The molecule has 4 bridgehead atoms. The second-order valence-corrected chi connectivity index (χ2v) is 11.4. The number of benzene rings is 1. The largest absolute Gasteiger partial charge is 0.369 e. The number of H-pyrrole nitrogens is 1. The summed E-state index contributed by atoms with van der Waals surface area (Å²) < 4.78 is 0. The lowest BCUT2D eigenvalue weighted by atomic mass is 9.54. The molecule has 182 valence electrons. The molecule has 2 N–H and O–H groups in total. The van der Waals surface area contributed by atoms with Crippen LogP contribution >= 0.6 is 0 Å². The van der Waals surface area contributed by atoms with E-state index in [0.29, 0.717) is 34.6 Å². The van der Waals surface area contributed by atoms with Crippen molar-refractivity contribution < 1.29 is 4.79 Å². The van der Waals surface area contributed by atoms with Crippen LogP contribution in [-0.4, -0.2) is 65.0 Å². The molecular weight excluding hydrogens is 436 g/mol. The van der Waals surface area contributed by atoms with E-state index >= 15 is 0 Å². The van der Waals surface area contributed by atoms with Crippen molar-refractivity contribution in [2.45, 2.75) is 38.1 Å². The van der Waals surface area contributed by atoms with Crippen LogP contribution in [0.3, 0.4) is 0 Å². The predicted molar refractivity (Wildman–Crippen MR) is 137 cm³/mol. The molecule has 1 aliphatic heterocycles. The molecule has 0 atom stereocenters. The van der Waals surface area contributed by atoms with Crippen molar-refractivity contribution >= 4 is 22.8 Å². The third-order valence-corrected chi connectivity index (χ3v) is 9.16. The van der Waals surface area contributed by atoms with E-state index in [-0.39, 0.29) is 5.91 Å². The summed E-state index contributed by atoms with van der Waals surface area (Å²) in [6.45, 7) is 4.27. The van der Waals surface area contributed by atoms with Crippen molar-refractivity contribution in [2.24, 2.45) is 23.7 Å². The normalized spacial score (nSPS) is 30.2. The highest BCUT2D eigenvalue weighted by atomic mass is 16.1.